The first-order valence-corrected chi connectivity index (χ1v) is 7.46. The van der Waals surface area contributed by atoms with Crippen molar-refractivity contribution >= 4 is 17.4 Å². The summed E-state index contributed by atoms with van der Waals surface area (Å²) < 4.78 is 10.4. The smallest absolute Gasteiger partial charge is 0.381 e. The number of benzene rings is 2. The van der Waals surface area contributed by atoms with Crippen molar-refractivity contribution in [3.8, 4) is 5.75 Å². The molecule has 4 heteroatoms. The van der Waals surface area contributed by atoms with Crippen LogP contribution in [-0.2, 0) is 0 Å². The second kappa shape index (κ2) is 5.51. The van der Waals surface area contributed by atoms with Crippen LogP contribution in [0.25, 0.3) is 0 Å². The summed E-state index contributed by atoms with van der Waals surface area (Å²) >= 11 is 0. The molecule has 108 valence electrons. The highest BCUT2D eigenvalue weighted by Gasteiger charge is 2.40. The number of amidine groups is 1. The fourth-order valence-electron chi connectivity index (χ4n) is 2.81. The van der Waals surface area contributed by atoms with Crippen LogP contribution < -0.4 is 14.8 Å². The number of hydrazone groups is 1. The highest BCUT2D eigenvalue weighted by Crippen LogP contribution is 2.22. The Balaban J connectivity index is 1.60. The maximum atomic E-state index is 5.84. The van der Waals surface area contributed by atoms with Crippen molar-refractivity contribution in [3.05, 3.63) is 66.2 Å². The van der Waals surface area contributed by atoms with Crippen molar-refractivity contribution in [2.45, 2.75) is 12.8 Å². The molecule has 1 N–H and O–H groups in total. The molecule has 0 spiro atoms. The van der Waals surface area contributed by atoms with Gasteiger partial charge in [0, 0.05) is 5.56 Å². The predicted octanol–water partition coefficient (Wildman–Crippen LogP) is 2.35. The van der Waals surface area contributed by atoms with E-state index in [1.807, 2.05) is 48.5 Å². The normalized spacial score (nSPS) is 19.5. The molecule has 4 nitrogen and oxygen atoms in total. The van der Waals surface area contributed by atoms with Crippen LogP contribution in [0.4, 0.5) is 0 Å². The first kappa shape index (κ1) is 12.9. The van der Waals surface area contributed by atoms with Crippen molar-refractivity contribution in [1.82, 2.24) is 10.1 Å². The van der Waals surface area contributed by atoms with Gasteiger partial charge < -0.3 is 4.74 Å². The minimum atomic E-state index is 0.241. The van der Waals surface area contributed by atoms with E-state index in [0.717, 1.165) is 41.6 Å². The molecule has 0 bridgehead atoms. The van der Waals surface area contributed by atoms with E-state index < -0.39 is 0 Å². The zero-order chi connectivity index (χ0) is 14.8. The zero-order valence-corrected chi connectivity index (χ0v) is 12.1. The molecule has 0 saturated carbocycles. The first-order chi connectivity index (χ1) is 10.9. The predicted molar refractivity (Wildman–Crippen MR) is 88.1 cm³/mol. The number of nitrogens with zero attached hydrogens (tertiary/aromatic N) is 2. The van der Waals surface area contributed by atoms with Crippen LogP contribution in [0.2, 0.25) is 0 Å². The monoisotopic (exact) mass is 290 g/mol. The van der Waals surface area contributed by atoms with Gasteiger partial charge in [-0.25, -0.2) is 0 Å². The first-order valence-electron chi connectivity index (χ1n) is 7.46. The van der Waals surface area contributed by atoms with E-state index >= 15 is 0 Å². The quantitative estimate of drug-likeness (QED) is 0.863. The van der Waals surface area contributed by atoms with Crippen molar-refractivity contribution in [2.24, 2.45) is 11.0 Å². The molecule has 0 aromatic heterocycles. The van der Waals surface area contributed by atoms with E-state index in [1.165, 1.54) is 0 Å². The van der Waals surface area contributed by atoms with Gasteiger partial charge in [0.05, 0.1) is 6.42 Å². The fourth-order valence-corrected chi connectivity index (χ4v) is 2.81. The Morgan fingerprint density at radius 1 is 1.00 bits per heavy atom. The lowest BCUT2D eigenvalue weighted by atomic mass is 9.91. The van der Waals surface area contributed by atoms with E-state index in [0.29, 0.717) is 0 Å². The number of hydrogen-bond donors (Lipinski definition) is 1. The summed E-state index contributed by atoms with van der Waals surface area (Å²) in [5, 5.41) is 4.46. The highest BCUT2D eigenvalue weighted by molar-refractivity contribution is 6.18. The van der Waals surface area contributed by atoms with Gasteiger partial charge in [0.2, 0.25) is 0 Å². The Hall–Kier alpha value is -2.84. The van der Waals surface area contributed by atoms with Crippen LogP contribution in [0.1, 0.15) is 18.4 Å². The van der Waals surface area contributed by atoms with Crippen LogP contribution in [0.3, 0.4) is 0 Å². The number of para-hydroxylation sites is 1. The van der Waals surface area contributed by atoms with Gasteiger partial charge in [0.1, 0.15) is 17.4 Å². The van der Waals surface area contributed by atoms with Gasteiger partial charge in [0.15, 0.2) is 0 Å². The lowest BCUT2D eigenvalue weighted by molar-refractivity contribution is 0.517. The average molecular weight is 290 g/mol. The largest absolute Gasteiger partial charge is 0.415 e. The molecule has 4 rings (SSSR count). The number of fused-ring (bicyclic) bond motifs is 1. The third-order valence-corrected chi connectivity index (χ3v) is 3.89. The Labute approximate surface area is 128 Å². The number of nitrogens with one attached hydrogen (secondary N) is 1. The molecule has 0 radical (unpaired) electrons. The van der Waals surface area contributed by atoms with Crippen LogP contribution in [0.15, 0.2) is 65.8 Å². The van der Waals surface area contributed by atoms with Gasteiger partial charge in [0.25, 0.3) is 0 Å². The van der Waals surface area contributed by atoms with E-state index in [2.05, 4.69) is 27.3 Å². The van der Waals surface area contributed by atoms with Crippen LogP contribution in [-0.4, -0.2) is 17.4 Å². The minimum Gasteiger partial charge on any atom is -0.415 e. The van der Waals surface area contributed by atoms with Gasteiger partial charge in [-0.05, 0) is 18.6 Å². The topological polar surface area (TPSA) is 47.7 Å². The summed E-state index contributed by atoms with van der Waals surface area (Å²) in [7, 11) is 0. The summed E-state index contributed by atoms with van der Waals surface area (Å²) in [6.07, 6.45) is 1.78. The molecule has 2 heterocycles. The molecule has 2 aliphatic rings. The Kier molecular flexibility index (Phi) is 3.22. The van der Waals surface area contributed by atoms with E-state index in [4.69, 9.17) is 4.74 Å². The van der Waals surface area contributed by atoms with E-state index in [-0.39, 0.29) is 5.92 Å². The third-order valence-electron chi connectivity index (χ3n) is 3.89. The summed E-state index contributed by atoms with van der Waals surface area (Å²) in [6.45, 7) is 0. The van der Waals surface area contributed by atoms with Crippen molar-refractivity contribution in [2.75, 3.05) is 0 Å². The lowest BCUT2D eigenvalue weighted by Crippen LogP contribution is -2.33. The molecule has 2 aromatic rings. The summed E-state index contributed by atoms with van der Waals surface area (Å²) in [6, 6.07) is 20.0. The zero-order valence-electron chi connectivity index (χ0n) is 12.1. The van der Waals surface area contributed by atoms with E-state index in [1.54, 1.807) is 0 Å². The van der Waals surface area contributed by atoms with Crippen LogP contribution in [0, 0.1) is 5.92 Å². The van der Waals surface area contributed by atoms with Gasteiger partial charge in [-0.1, -0.05) is 53.6 Å². The van der Waals surface area contributed by atoms with Crippen LogP contribution in [0.5, 0.6) is 5.75 Å². The fraction of sp³-hybridized carbons (Fsp3) is 0.167. The van der Waals surface area contributed by atoms with Gasteiger partial charge >= 0.3 is 11.7 Å². The van der Waals surface area contributed by atoms with Gasteiger partial charge in [-0.3, -0.25) is 0 Å². The average Bonchev–Trinajstić information content (AvgIpc) is 3.00. The number of rotatable bonds is 2. The second-order valence-electron chi connectivity index (χ2n) is 5.37. The molecule has 2 aromatic carbocycles. The Morgan fingerprint density at radius 2 is 1.73 bits per heavy atom. The molecule has 1 unspecified atom stereocenters. The Morgan fingerprint density at radius 3 is 2.50 bits per heavy atom. The molecule has 0 saturated heterocycles. The molecule has 22 heavy (non-hydrogen) atoms. The molecule has 2 aliphatic heterocycles. The highest BCUT2D eigenvalue weighted by atomic mass is 16.5. The maximum Gasteiger partial charge on any atom is 0.381 e. The maximum absolute atomic E-state index is 5.84. The minimum absolute atomic E-state index is 0.241. The van der Waals surface area contributed by atoms with Gasteiger partial charge in [-0.15, -0.1) is 5.43 Å². The summed E-state index contributed by atoms with van der Waals surface area (Å²) in [5.41, 5.74) is 5.28. The SMILES string of the molecule is c1ccc(OC2=[N+]=C3NN=C(c4ccccc4)C3CC2)cc1. The molecule has 0 aliphatic carbocycles. The Bertz CT molecular complexity index is 774. The molecule has 0 amide bonds. The van der Waals surface area contributed by atoms with Gasteiger partial charge in [-0.2, -0.15) is 4.67 Å². The van der Waals surface area contributed by atoms with Crippen molar-refractivity contribution in [1.29, 1.82) is 0 Å². The van der Waals surface area contributed by atoms with Crippen LogP contribution >= 0.6 is 0 Å². The van der Waals surface area contributed by atoms with E-state index in [9.17, 15) is 0 Å². The van der Waals surface area contributed by atoms with Crippen molar-refractivity contribution in [3.63, 3.8) is 0 Å². The molecule has 0 fully saturated rings. The molecular formula is C18H16N3O+. The molecule has 1 atom stereocenters. The number of ether oxygens (including phenoxy) is 1. The van der Waals surface area contributed by atoms with Crippen molar-refractivity contribution < 1.29 is 4.74 Å². The second-order valence-corrected chi connectivity index (χ2v) is 5.37. The third kappa shape index (κ3) is 2.41. The summed E-state index contributed by atoms with van der Waals surface area (Å²) in [5.74, 6) is 2.69. The summed E-state index contributed by atoms with van der Waals surface area (Å²) in [4.78, 5) is 0. The standard InChI is InChI=1S/C18H15N3O/c1-3-7-13(8-4-1)17-15-11-12-16(19-18(15)21-20-17)22-14-9-5-2-6-10-14/h1-10,15H,11-12H2/p+1. The molecular weight excluding hydrogens is 274 g/mol. The number of hydrogen-bond acceptors (Lipinski definition) is 3. The lowest BCUT2D eigenvalue weighted by Gasteiger charge is -2.11.